The number of hydrogen-bond donors (Lipinski definition) is 2. The van der Waals surface area contributed by atoms with Gasteiger partial charge in [-0.3, -0.25) is 14.2 Å². The lowest BCUT2D eigenvalue weighted by atomic mass is 10.2. The number of hydrogen-bond acceptors (Lipinski definition) is 6. The Labute approximate surface area is 182 Å². The summed E-state index contributed by atoms with van der Waals surface area (Å²) in [6, 6.07) is 4.79. The molecule has 2 N–H and O–H groups in total. The molecule has 0 amide bonds. The Morgan fingerprint density at radius 3 is 2.84 bits per heavy atom. The Hall–Kier alpha value is -4.14. The number of allylic oxidation sites excluding steroid dienone is 4. The lowest BCUT2D eigenvalue weighted by molar-refractivity contribution is 0.629. The van der Waals surface area contributed by atoms with Crippen molar-refractivity contribution in [3.8, 4) is 0 Å². The van der Waals surface area contributed by atoms with Gasteiger partial charge in [-0.1, -0.05) is 12.2 Å². The molecule has 1 aromatic carbocycles. The van der Waals surface area contributed by atoms with Crippen molar-refractivity contribution in [3.63, 3.8) is 0 Å². The molecule has 0 bridgehead atoms. The van der Waals surface area contributed by atoms with E-state index in [1.54, 1.807) is 19.1 Å². The third kappa shape index (κ3) is 3.80. The second-order valence-electron chi connectivity index (χ2n) is 7.26. The molecule has 32 heavy (non-hydrogen) atoms. The number of aromatic amines is 1. The van der Waals surface area contributed by atoms with Gasteiger partial charge in [-0.2, -0.15) is 0 Å². The van der Waals surface area contributed by atoms with Gasteiger partial charge >= 0.3 is 0 Å². The molecule has 1 atom stereocenters. The first kappa shape index (κ1) is 21.1. The Morgan fingerprint density at radius 1 is 1.25 bits per heavy atom. The van der Waals surface area contributed by atoms with Gasteiger partial charge < -0.3 is 10.3 Å². The third-order valence-electron chi connectivity index (χ3n) is 5.03. The van der Waals surface area contributed by atoms with Crippen LogP contribution in [0.5, 0.6) is 0 Å². The second kappa shape index (κ2) is 8.54. The van der Waals surface area contributed by atoms with Crippen molar-refractivity contribution in [1.29, 1.82) is 0 Å². The van der Waals surface area contributed by atoms with Crippen LogP contribution in [0.15, 0.2) is 64.6 Å². The maximum atomic E-state index is 13.8. The Morgan fingerprint density at radius 2 is 2.06 bits per heavy atom. The van der Waals surface area contributed by atoms with Crippen molar-refractivity contribution in [2.75, 3.05) is 5.32 Å². The summed E-state index contributed by atoms with van der Waals surface area (Å²) in [5.74, 6) is 0.203. The van der Waals surface area contributed by atoms with Crippen LogP contribution in [-0.2, 0) is 0 Å². The molecular weight excluding hydrogens is 411 g/mol. The van der Waals surface area contributed by atoms with E-state index in [9.17, 15) is 14.0 Å². The fourth-order valence-electron chi connectivity index (χ4n) is 3.50. The first-order chi connectivity index (χ1) is 15.4. The first-order valence-corrected chi connectivity index (χ1v) is 10.0. The minimum Gasteiger partial charge on any atom is -0.360 e. The molecule has 8 nitrogen and oxygen atoms in total. The molecule has 3 aromatic heterocycles. The zero-order valence-electron chi connectivity index (χ0n) is 17.8. The normalized spacial score (nSPS) is 13.2. The van der Waals surface area contributed by atoms with Crippen molar-refractivity contribution in [2.45, 2.75) is 26.8 Å². The van der Waals surface area contributed by atoms with Crippen LogP contribution in [0.3, 0.4) is 0 Å². The molecule has 0 radical (unpaired) electrons. The van der Waals surface area contributed by atoms with E-state index >= 15 is 0 Å². The summed E-state index contributed by atoms with van der Waals surface area (Å²) in [6.45, 7) is 5.44. The summed E-state index contributed by atoms with van der Waals surface area (Å²) in [7, 11) is 0. The quantitative estimate of drug-likeness (QED) is 0.465. The van der Waals surface area contributed by atoms with Crippen LogP contribution in [-0.4, -0.2) is 24.5 Å². The Bertz CT molecular complexity index is 1500. The molecule has 0 aliphatic heterocycles. The fourth-order valence-corrected chi connectivity index (χ4v) is 3.50. The Kier molecular flexibility index (Phi) is 5.63. The third-order valence-corrected chi connectivity index (χ3v) is 5.03. The summed E-state index contributed by atoms with van der Waals surface area (Å²) in [6.07, 6.45) is 8.27. The number of halogens is 1. The van der Waals surface area contributed by atoms with Gasteiger partial charge in [-0.15, -0.1) is 0 Å². The van der Waals surface area contributed by atoms with E-state index in [-0.39, 0.29) is 16.4 Å². The first-order valence-electron chi connectivity index (χ1n) is 10.0. The zero-order valence-corrected chi connectivity index (χ0v) is 17.8. The molecule has 0 fully saturated rings. The standard InChI is InChI=1S/C23H21FN6O2/c1-4-5-6-13(2)30-22(29-17-8-7-15(24)11-16(17)23(30)32)14(3)28-21-19-18(31)9-10-25-20(19)26-12-27-21/h4-12,14H,1-3H3,(H2,25,26,27,28,31)/b5-4-,13-6+. The van der Waals surface area contributed by atoms with Gasteiger partial charge in [0.05, 0.1) is 16.9 Å². The molecule has 9 heteroatoms. The predicted molar refractivity (Wildman–Crippen MR) is 123 cm³/mol. The van der Waals surface area contributed by atoms with Crippen LogP contribution in [0.2, 0.25) is 0 Å². The number of pyridine rings is 1. The van der Waals surface area contributed by atoms with Gasteiger partial charge in [-0.25, -0.2) is 19.3 Å². The molecule has 0 saturated heterocycles. The molecule has 0 aliphatic carbocycles. The average Bonchev–Trinajstić information content (AvgIpc) is 2.78. The van der Waals surface area contributed by atoms with Crippen molar-refractivity contribution in [2.24, 2.45) is 0 Å². The monoisotopic (exact) mass is 432 g/mol. The van der Waals surface area contributed by atoms with Gasteiger partial charge in [0, 0.05) is 18.0 Å². The van der Waals surface area contributed by atoms with Gasteiger partial charge in [0.25, 0.3) is 5.56 Å². The van der Waals surface area contributed by atoms with Crippen LogP contribution in [0.25, 0.3) is 27.6 Å². The van der Waals surface area contributed by atoms with Gasteiger partial charge in [0.1, 0.15) is 34.8 Å². The van der Waals surface area contributed by atoms with Crippen molar-refractivity contribution >= 4 is 33.5 Å². The molecule has 162 valence electrons. The molecular formula is C23H21FN6O2. The maximum absolute atomic E-state index is 13.8. The summed E-state index contributed by atoms with van der Waals surface area (Å²) >= 11 is 0. The van der Waals surface area contributed by atoms with Crippen molar-refractivity contribution < 1.29 is 4.39 Å². The minimum atomic E-state index is -0.524. The molecule has 4 rings (SSSR count). The number of aromatic nitrogens is 5. The van der Waals surface area contributed by atoms with E-state index in [0.717, 1.165) is 0 Å². The predicted octanol–water partition coefficient (Wildman–Crippen LogP) is 3.78. The van der Waals surface area contributed by atoms with Crippen LogP contribution < -0.4 is 16.3 Å². The minimum absolute atomic E-state index is 0.179. The highest BCUT2D eigenvalue weighted by atomic mass is 19.1. The summed E-state index contributed by atoms with van der Waals surface area (Å²) in [5.41, 5.74) is 0.756. The highest BCUT2D eigenvalue weighted by molar-refractivity contribution is 5.86. The number of benzene rings is 1. The maximum Gasteiger partial charge on any atom is 0.265 e. The SMILES string of the molecule is C/C=C\C=C(/C)n1c(C(C)Nc2ncnc3[nH]ccc(=O)c23)nc2ccc(F)cc2c1=O. The van der Waals surface area contributed by atoms with Gasteiger partial charge in [-0.05, 0) is 45.0 Å². The van der Waals surface area contributed by atoms with Crippen molar-refractivity contribution in [1.82, 2.24) is 24.5 Å². The fraction of sp³-hybridized carbons (Fsp3) is 0.174. The lowest BCUT2D eigenvalue weighted by Gasteiger charge is -2.20. The zero-order chi connectivity index (χ0) is 22.8. The van der Waals surface area contributed by atoms with E-state index in [0.29, 0.717) is 33.9 Å². The van der Waals surface area contributed by atoms with Crippen LogP contribution in [0.4, 0.5) is 10.2 Å². The summed E-state index contributed by atoms with van der Waals surface area (Å²) in [5, 5.41) is 3.67. The highest BCUT2D eigenvalue weighted by Crippen LogP contribution is 2.23. The largest absolute Gasteiger partial charge is 0.360 e. The van der Waals surface area contributed by atoms with Crippen LogP contribution in [0.1, 0.15) is 32.6 Å². The molecule has 1 unspecified atom stereocenters. The van der Waals surface area contributed by atoms with E-state index < -0.39 is 11.9 Å². The van der Waals surface area contributed by atoms with Crippen LogP contribution >= 0.6 is 0 Å². The number of anilines is 1. The number of nitrogens with zero attached hydrogens (tertiary/aromatic N) is 4. The lowest BCUT2D eigenvalue weighted by Crippen LogP contribution is -2.28. The smallest absolute Gasteiger partial charge is 0.265 e. The molecule has 3 heterocycles. The summed E-state index contributed by atoms with van der Waals surface area (Å²) < 4.78 is 15.3. The molecule has 4 aromatic rings. The highest BCUT2D eigenvalue weighted by Gasteiger charge is 2.20. The molecule has 0 aliphatic rings. The number of H-pyrrole nitrogens is 1. The number of fused-ring (bicyclic) bond motifs is 2. The van der Waals surface area contributed by atoms with E-state index in [2.05, 4.69) is 25.3 Å². The Balaban J connectivity index is 1.91. The van der Waals surface area contributed by atoms with E-state index in [1.807, 2.05) is 19.9 Å². The molecule has 0 saturated carbocycles. The molecule has 0 spiro atoms. The number of rotatable bonds is 5. The second-order valence-corrected chi connectivity index (χ2v) is 7.26. The average molecular weight is 432 g/mol. The van der Waals surface area contributed by atoms with E-state index in [1.165, 1.54) is 41.4 Å². The van der Waals surface area contributed by atoms with Crippen LogP contribution in [0, 0.1) is 5.82 Å². The summed E-state index contributed by atoms with van der Waals surface area (Å²) in [4.78, 5) is 41.6. The van der Waals surface area contributed by atoms with Gasteiger partial charge in [0.2, 0.25) is 0 Å². The van der Waals surface area contributed by atoms with Crippen molar-refractivity contribution in [3.05, 3.63) is 87.2 Å². The van der Waals surface area contributed by atoms with E-state index in [4.69, 9.17) is 0 Å². The van der Waals surface area contributed by atoms with Gasteiger partial charge in [0.15, 0.2) is 5.43 Å². The number of nitrogens with one attached hydrogen (secondary N) is 2. The topological polar surface area (TPSA) is 106 Å².